The number of hydrogen-bond donors (Lipinski definition) is 2. The number of piperidine rings is 1. The monoisotopic (exact) mass is 276 g/mol. The maximum Gasteiger partial charge on any atom is 0.240 e. The molecule has 1 aromatic rings. The van der Waals surface area contributed by atoms with Gasteiger partial charge in [0.25, 0.3) is 0 Å². The van der Waals surface area contributed by atoms with Gasteiger partial charge < -0.3 is 15.4 Å². The molecular weight excluding hydrogens is 252 g/mol. The van der Waals surface area contributed by atoms with Crippen LogP contribution in [0, 0.1) is 0 Å². The van der Waals surface area contributed by atoms with Crippen LogP contribution in [0.2, 0.25) is 0 Å². The first kappa shape index (κ1) is 15.0. The minimum Gasteiger partial charge on any atom is -0.375 e. The number of carbonyl (C=O) groups is 1. The van der Waals surface area contributed by atoms with Crippen LogP contribution in [0.25, 0.3) is 0 Å². The fraction of sp³-hybridized carbons (Fsp3) is 0.562. The Bertz CT molecular complexity index is 427. The molecule has 1 aliphatic heterocycles. The van der Waals surface area contributed by atoms with Crippen LogP contribution in [-0.4, -0.2) is 31.6 Å². The molecule has 20 heavy (non-hydrogen) atoms. The van der Waals surface area contributed by atoms with Crippen LogP contribution < -0.4 is 10.6 Å². The minimum atomic E-state index is -0.437. The lowest BCUT2D eigenvalue weighted by atomic mass is 9.90. The van der Waals surface area contributed by atoms with Crippen molar-refractivity contribution >= 4 is 5.91 Å². The lowest BCUT2D eigenvalue weighted by Crippen LogP contribution is -2.57. The summed E-state index contributed by atoms with van der Waals surface area (Å²) in [5, 5.41) is 6.34. The molecule has 2 rings (SSSR count). The Hall–Kier alpha value is -1.39. The summed E-state index contributed by atoms with van der Waals surface area (Å²) in [4.78, 5) is 12.3. The first-order valence-electron chi connectivity index (χ1n) is 7.27. The van der Waals surface area contributed by atoms with Crippen molar-refractivity contribution in [3.63, 3.8) is 0 Å². The first-order chi connectivity index (χ1) is 9.65. The fourth-order valence-corrected chi connectivity index (χ4v) is 2.64. The van der Waals surface area contributed by atoms with Gasteiger partial charge in [0, 0.05) is 13.7 Å². The maximum absolute atomic E-state index is 12.3. The van der Waals surface area contributed by atoms with E-state index < -0.39 is 5.54 Å². The zero-order valence-electron chi connectivity index (χ0n) is 12.3. The molecule has 0 aliphatic carbocycles. The number of ether oxygens (including phenoxy) is 1. The molecule has 2 N–H and O–H groups in total. The van der Waals surface area contributed by atoms with Crippen LogP contribution >= 0.6 is 0 Å². The second-order valence-electron chi connectivity index (χ2n) is 5.56. The predicted molar refractivity (Wildman–Crippen MR) is 79.5 cm³/mol. The number of benzene rings is 1. The van der Waals surface area contributed by atoms with E-state index in [1.54, 1.807) is 7.11 Å². The van der Waals surface area contributed by atoms with Crippen molar-refractivity contribution in [2.24, 2.45) is 0 Å². The molecule has 0 aromatic heterocycles. The number of carbonyl (C=O) groups excluding carboxylic acids is 1. The molecule has 110 valence electrons. The van der Waals surface area contributed by atoms with Gasteiger partial charge in [0.1, 0.15) is 0 Å². The number of methoxy groups -OCH3 is 1. The SMILES string of the molecule is COC(CNC(=O)C1(C)CCCCN1)c1ccccc1. The average Bonchev–Trinajstić information content (AvgIpc) is 2.49. The van der Waals surface area contributed by atoms with E-state index in [0.717, 1.165) is 31.4 Å². The molecule has 1 fully saturated rings. The van der Waals surface area contributed by atoms with Gasteiger partial charge in [-0.2, -0.15) is 0 Å². The second-order valence-corrected chi connectivity index (χ2v) is 5.56. The highest BCUT2D eigenvalue weighted by Gasteiger charge is 2.34. The topological polar surface area (TPSA) is 50.4 Å². The Morgan fingerprint density at radius 1 is 1.40 bits per heavy atom. The average molecular weight is 276 g/mol. The summed E-state index contributed by atoms with van der Waals surface area (Å²) in [6, 6.07) is 9.96. The lowest BCUT2D eigenvalue weighted by molar-refractivity contribution is -0.128. The zero-order chi connectivity index (χ0) is 14.4. The summed E-state index contributed by atoms with van der Waals surface area (Å²) in [6.45, 7) is 3.39. The summed E-state index contributed by atoms with van der Waals surface area (Å²) in [7, 11) is 1.67. The number of hydrogen-bond acceptors (Lipinski definition) is 3. The van der Waals surface area contributed by atoms with E-state index >= 15 is 0 Å². The molecule has 4 heteroatoms. The van der Waals surface area contributed by atoms with Crippen molar-refractivity contribution in [3.05, 3.63) is 35.9 Å². The van der Waals surface area contributed by atoms with Crippen LogP contribution in [0.1, 0.15) is 37.9 Å². The molecule has 0 spiro atoms. The molecule has 0 bridgehead atoms. The summed E-state index contributed by atoms with van der Waals surface area (Å²) < 4.78 is 5.47. The van der Waals surface area contributed by atoms with Crippen molar-refractivity contribution < 1.29 is 9.53 Å². The van der Waals surface area contributed by atoms with Crippen molar-refractivity contribution in [1.82, 2.24) is 10.6 Å². The Kier molecular flexibility index (Phi) is 5.15. The van der Waals surface area contributed by atoms with E-state index in [1.165, 1.54) is 0 Å². The van der Waals surface area contributed by atoms with E-state index in [4.69, 9.17) is 4.74 Å². The Morgan fingerprint density at radius 3 is 2.75 bits per heavy atom. The van der Waals surface area contributed by atoms with Gasteiger partial charge >= 0.3 is 0 Å². The van der Waals surface area contributed by atoms with Crippen LogP contribution in [0.15, 0.2) is 30.3 Å². The summed E-state index contributed by atoms with van der Waals surface area (Å²) in [5.41, 5.74) is 0.643. The van der Waals surface area contributed by atoms with E-state index in [9.17, 15) is 4.79 Å². The highest BCUT2D eigenvalue weighted by Crippen LogP contribution is 2.20. The Labute approximate surface area is 120 Å². The number of rotatable bonds is 5. The Balaban J connectivity index is 1.91. The van der Waals surface area contributed by atoms with Gasteiger partial charge in [-0.15, -0.1) is 0 Å². The molecule has 2 unspecified atom stereocenters. The van der Waals surface area contributed by atoms with E-state index in [0.29, 0.717) is 6.54 Å². The van der Waals surface area contributed by atoms with Crippen molar-refractivity contribution in [2.45, 2.75) is 37.8 Å². The lowest BCUT2D eigenvalue weighted by Gasteiger charge is -2.33. The van der Waals surface area contributed by atoms with E-state index in [1.807, 2.05) is 37.3 Å². The summed E-state index contributed by atoms with van der Waals surface area (Å²) in [5.74, 6) is 0.0650. The highest BCUT2D eigenvalue weighted by molar-refractivity contribution is 5.86. The molecule has 1 saturated heterocycles. The third-order valence-electron chi connectivity index (χ3n) is 4.02. The van der Waals surface area contributed by atoms with Crippen LogP contribution in [0.4, 0.5) is 0 Å². The minimum absolute atomic E-state index is 0.0650. The highest BCUT2D eigenvalue weighted by atomic mass is 16.5. The molecule has 1 aliphatic rings. The molecular formula is C16H24N2O2. The van der Waals surface area contributed by atoms with Gasteiger partial charge in [-0.1, -0.05) is 30.3 Å². The largest absolute Gasteiger partial charge is 0.375 e. The van der Waals surface area contributed by atoms with Crippen molar-refractivity contribution in [3.8, 4) is 0 Å². The van der Waals surface area contributed by atoms with Gasteiger partial charge in [-0.05, 0) is 38.3 Å². The summed E-state index contributed by atoms with van der Waals surface area (Å²) in [6.07, 6.45) is 3.03. The smallest absolute Gasteiger partial charge is 0.240 e. The number of nitrogens with one attached hydrogen (secondary N) is 2. The van der Waals surface area contributed by atoms with Gasteiger partial charge in [-0.3, -0.25) is 4.79 Å². The zero-order valence-corrected chi connectivity index (χ0v) is 12.3. The third-order valence-corrected chi connectivity index (χ3v) is 4.02. The maximum atomic E-state index is 12.3. The van der Waals surface area contributed by atoms with Crippen LogP contribution in [0.3, 0.4) is 0 Å². The quantitative estimate of drug-likeness (QED) is 0.865. The summed E-state index contributed by atoms with van der Waals surface area (Å²) >= 11 is 0. The molecule has 0 saturated carbocycles. The van der Waals surface area contributed by atoms with Gasteiger partial charge in [-0.25, -0.2) is 0 Å². The number of amides is 1. The third kappa shape index (κ3) is 3.58. The standard InChI is InChI=1S/C16H24N2O2/c1-16(10-6-7-11-18-16)15(19)17-12-14(20-2)13-8-4-3-5-9-13/h3-5,8-9,14,18H,6-7,10-12H2,1-2H3,(H,17,19). The van der Waals surface area contributed by atoms with Crippen LogP contribution in [-0.2, 0) is 9.53 Å². The molecule has 2 atom stereocenters. The predicted octanol–water partition coefficient (Wildman–Crippen LogP) is 2.02. The first-order valence-corrected chi connectivity index (χ1v) is 7.27. The Morgan fingerprint density at radius 2 is 2.15 bits per heavy atom. The van der Waals surface area contributed by atoms with E-state index in [2.05, 4.69) is 10.6 Å². The molecule has 0 radical (unpaired) electrons. The van der Waals surface area contributed by atoms with E-state index in [-0.39, 0.29) is 12.0 Å². The van der Waals surface area contributed by atoms with Gasteiger partial charge in [0.05, 0.1) is 11.6 Å². The van der Waals surface area contributed by atoms with Crippen molar-refractivity contribution in [2.75, 3.05) is 20.2 Å². The molecule has 4 nitrogen and oxygen atoms in total. The van der Waals surface area contributed by atoms with Gasteiger partial charge in [0.2, 0.25) is 5.91 Å². The normalized spacial score (nSPS) is 24.1. The molecule has 1 amide bonds. The van der Waals surface area contributed by atoms with Gasteiger partial charge in [0.15, 0.2) is 0 Å². The molecule has 1 aromatic carbocycles. The molecule has 1 heterocycles. The fourth-order valence-electron chi connectivity index (χ4n) is 2.64. The van der Waals surface area contributed by atoms with Crippen molar-refractivity contribution in [1.29, 1.82) is 0 Å². The second kappa shape index (κ2) is 6.86. The van der Waals surface area contributed by atoms with Crippen LogP contribution in [0.5, 0.6) is 0 Å².